The van der Waals surface area contributed by atoms with Gasteiger partial charge in [0.15, 0.2) is 6.61 Å². The van der Waals surface area contributed by atoms with Crippen molar-refractivity contribution >= 4 is 11.6 Å². The first-order valence-corrected chi connectivity index (χ1v) is 8.57. The van der Waals surface area contributed by atoms with Gasteiger partial charge in [-0.3, -0.25) is 4.79 Å². The van der Waals surface area contributed by atoms with Gasteiger partial charge in [-0.25, -0.2) is 0 Å². The van der Waals surface area contributed by atoms with E-state index < -0.39 is 24.7 Å². The van der Waals surface area contributed by atoms with Crippen LogP contribution in [0.3, 0.4) is 0 Å². The summed E-state index contributed by atoms with van der Waals surface area (Å²) < 4.78 is 5.46. The van der Waals surface area contributed by atoms with Crippen molar-refractivity contribution in [3.63, 3.8) is 0 Å². The number of amides is 1. The highest BCUT2D eigenvalue weighted by Crippen LogP contribution is 2.19. The number of hydrogen-bond acceptors (Lipinski definition) is 5. The van der Waals surface area contributed by atoms with Crippen LogP contribution in [0.1, 0.15) is 37.0 Å². The van der Waals surface area contributed by atoms with Gasteiger partial charge < -0.3 is 26.0 Å². The fraction of sp³-hybridized carbons (Fsp3) is 0.350. The number of nitrogens with two attached hydrogens (primary N) is 1. The van der Waals surface area contributed by atoms with Crippen LogP contribution in [0, 0.1) is 0 Å². The number of aliphatic hydroxyl groups excluding tert-OH is 2. The molecule has 2 aromatic carbocycles. The second kappa shape index (κ2) is 9.22. The standard InChI is InChI=1S/C20H26N2O4/c1-13(2)14-5-9-17(10-6-14)26-12-19(24)22-18(11-23)20(25)15-3-7-16(21)8-4-15/h3-10,13,18,20,23,25H,11-12,21H2,1-2H3,(H,22,24). The zero-order valence-corrected chi connectivity index (χ0v) is 15.1. The van der Waals surface area contributed by atoms with E-state index in [1.807, 2.05) is 24.3 Å². The van der Waals surface area contributed by atoms with E-state index in [1.165, 1.54) is 5.56 Å². The van der Waals surface area contributed by atoms with Gasteiger partial charge in [-0.15, -0.1) is 0 Å². The molecular weight excluding hydrogens is 332 g/mol. The van der Waals surface area contributed by atoms with Crippen molar-refractivity contribution in [2.75, 3.05) is 18.9 Å². The fourth-order valence-corrected chi connectivity index (χ4v) is 2.50. The van der Waals surface area contributed by atoms with Crippen LogP contribution >= 0.6 is 0 Å². The van der Waals surface area contributed by atoms with E-state index in [2.05, 4.69) is 19.2 Å². The summed E-state index contributed by atoms with van der Waals surface area (Å²) in [4.78, 5) is 12.1. The number of anilines is 1. The first-order valence-electron chi connectivity index (χ1n) is 8.57. The maximum absolute atomic E-state index is 12.1. The number of carbonyl (C=O) groups is 1. The number of aliphatic hydroxyl groups is 2. The van der Waals surface area contributed by atoms with Crippen molar-refractivity contribution < 1.29 is 19.7 Å². The Morgan fingerprint density at radius 1 is 1.08 bits per heavy atom. The van der Waals surface area contributed by atoms with Crippen LogP contribution in [0.25, 0.3) is 0 Å². The van der Waals surface area contributed by atoms with Crippen LogP contribution in [-0.2, 0) is 4.79 Å². The van der Waals surface area contributed by atoms with Gasteiger partial charge in [-0.1, -0.05) is 38.1 Å². The molecule has 2 rings (SSSR count). The molecule has 1 amide bonds. The monoisotopic (exact) mass is 358 g/mol. The lowest BCUT2D eigenvalue weighted by Gasteiger charge is -2.22. The minimum atomic E-state index is -1.05. The van der Waals surface area contributed by atoms with Gasteiger partial charge in [0.2, 0.25) is 0 Å². The molecule has 140 valence electrons. The number of nitrogens with one attached hydrogen (secondary N) is 1. The summed E-state index contributed by atoms with van der Waals surface area (Å²) in [7, 11) is 0. The molecule has 2 aromatic rings. The van der Waals surface area contributed by atoms with Crippen molar-refractivity contribution in [2.45, 2.75) is 31.9 Å². The van der Waals surface area contributed by atoms with Gasteiger partial charge >= 0.3 is 0 Å². The number of ether oxygens (including phenoxy) is 1. The van der Waals surface area contributed by atoms with Gasteiger partial charge in [0.1, 0.15) is 11.9 Å². The van der Waals surface area contributed by atoms with E-state index in [0.717, 1.165) is 0 Å². The molecule has 0 aromatic heterocycles. The lowest BCUT2D eigenvalue weighted by atomic mass is 10.0. The Bertz CT molecular complexity index is 699. The van der Waals surface area contributed by atoms with Crippen molar-refractivity contribution in [1.82, 2.24) is 5.32 Å². The summed E-state index contributed by atoms with van der Waals surface area (Å²) in [5, 5.41) is 22.4. The number of hydrogen-bond donors (Lipinski definition) is 4. The molecule has 2 unspecified atom stereocenters. The van der Waals surface area contributed by atoms with Crippen LogP contribution in [0.4, 0.5) is 5.69 Å². The predicted molar refractivity (Wildman–Crippen MR) is 101 cm³/mol. The average Bonchev–Trinajstić information content (AvgIpc) is 2.64. The molecule has 0 spiro atoms. The maximum atomic E-state index is 12.1. The molecule has 0 aliphatic rings. The molecular formula is C20H26N2O4. The maximum Gasteiger partial charge on any atom is 0.258 e. The lowest BCUT2D eigenvalue weighted by Crippen LogP contribution is -2.43. The Morgan fingerprint density at radius 2 is 1.65 bits per heavy atom. The molecule has 2 atom stereocenters. The van der Waals surface area contributed by atoms with Crippen LogP contribution in [0.15, 0.2) is 48.5 Å². The molecule has 5 N–H and O–H groups in total. The zero-order valence-electron chi connectivity index (χ0n) is 15.1. The molecule has 6 nitrogen and oxygen atoms in total. The lowest BCUT2D eigenvalue weighted by molar-refractivity contribution is -0.125. The highest BCUT2D eigenvalue weighted by Gasteiger charge is 2.22. The van der Waals surface area contributed by atoms with Gasteiger partial charge in [0.25, 0.3) is 5.91 Å². The molecule has 6 heteroatoms. The molecule has 0 radical (unpaired) electrons. The van der Waals surface area contributed by atoms with Gasteiger partial charge in [0.05, 0.1) is 12.6 Å². The second-order valence-corrected chi connectivity index (χ2v) is 6.48. The topological polar surface area (TPSA) is 105 Å². The summed E-state index contributed by atoms with van der Waals surface area (Å²) in [5.41, 5.74) is 7.94. The molecule has 0 aliphatic heterocycles. The smallest absolute Gasteiger partial charge is 0.258 e. The van der Waals surface area contributed by atoms with E-state index in [-0.39, 0.29) is 6.61 Å². The minimum Gasteiger partial charge on any atom is -0.484 e. The highest BCUT2D eigenvalue weighted by molar-refractivity contribution is 5.78. The third-order valence-electron chi connectivity index (χ3n) is 4.12. The van der Waals surface area contributed by atoms with Crippen molar-refractivity contribution in [1.29, 1.82) is 0 Å². The second-order valence-electron chi connectivity index (χ2n) is 6.48. The Labute approximate surface area is 153 Å². The average molecular weight is 358 g/mol. The van der Waals surface area contributed by atoms with E-state index in [4.69, 9.17) is 10.5 Å². The van der Waals surface area contributed by atoms with Crippen molar-refractivity contribution in [3.05, 3.63) is 59.7 Å². The molecule has 26 heavy (non-hydrogen) atoms. The van der Waals surface area contributed by atoms with Crippen LogP contribution in [0.5, 0.6) is 5.75 Å². The van der Waals surface area contributed by atoms with Crippen LogP contribution < -0.4 is 15.8 Å². The molecule has 0 aliphatic carbocycles. The third kappa shape index (κ3) is 5.47. The molecule has 0 heterocycles. The Balaban J connectivity index is 1.89. The SMILES string of the molecule is CC(C)c1ccc(OCC(=O)NC(CO)C(O)c2ccc(N)cc2)cc1. The van der Waals surface area contributed by atoms with E-state index in [1.54, 1.807) is 24.3 Å². The number of carbonyl (C=O) groups excluding carboxylic acids is 1. The third-order valence-corrected chi connectivity index (χ3v) is 4.12. The molecule has 0 saturated carbocycles. The van der Waals surface area contributed by atoms with E-state index >= 15 is 0 Å². The highest BCUT2D eigenvalue weighted by atomic mass is 16.5. The fourth-order valence-electron chi connectivity index (χ4n) is 2.50. The Kier molecular flexibility index (Phi) is 7.00. The summed E-state index contributed by atoms with van der Waals surface area (Å²) in [6, 6.07) is 13.3. The Hall–Kier alpha value is -2.57. The van der Waals surface area contributed by atoms with Gasteiger partial charge in [0, 0.05) is 5.69 Å². The normalized spacial score (nSPS) is 13.3. The minimum absolute atomic E-state index is 0.202. The summed E-state index contributed by atoms with van der Waals surface area (Å²) in [6.45, 7) is 3.60. The van der Waals surface area contributed by atoms with Crippen LogP contribution in [-0.4, -0.2) is 35.4 Å². The number of benzene rings is 2. The number of rotatable bonds is 8. The largest absolute Gasteiger partial charge is 0.484 e. The zero-order chi connectivity index (χ0) is 19.1. The quantitative estimate of drug-likeness (QED) is 0.540. The summed E-state index contributed by atoms with van der Waals surface area (Å²) >= 11 is 0. The van der Waals surface area contributed by atoms with Gasteiger partial charge in [-0.2, -0.15) is 0 Å². The first kappa shape index (κ1) is 19.8. The van der Waals surface area contributed by atoms with Crippen LogP contribution in [0.2, 0.25) is 0 Å². The molecule has 0 bridgehead atoms. The number of nitrogen functional groups attached to an aromatic ring is 1. The molecule has 0 saturated heterocycles. The van der Waals surface area contributed by atoms with Crippen molar-refractivity contribution in [3.8, 4) is 5.75 Å². The molecule has 0 fully saturated rings. The van der Waals surface area contributed by atoms with E-state index in [0.29, 0.717) is 22.9 Å². The Morgan fingerprint density at radius 3 is 2.19 bits per heavy atom. The van der Waals surface area contributed by atoms with E-state index in [9.17, 15) is 15.0 Å². The van der Waals surface area contributed by atoms with Gasteiger partial charge in [-0.05, 0) is 41.3 Å². The summed E-state index contributed by atoms with van der Waals surface area (Å²) in [6.07, 6.45) is -1.05. The van der Waals surface area contributed by atoms with Crippen molar-refractivity contribution in [2.24, 2.45) is 0 Å². The summed E-state index contributed by atoms with van der Waals surface area (Å²) in [5.74, 6) is 0.586. The first-order chi connectivity index (χ1) is 12.4. The predicted octanol–water partition coefficient (Wildman–Crippen LogP) is 1.98.